The number of hydrogen-bond donors (Lipinski definition) is 0. The summed E-state index contributed by atoms with van der Waals surface area (Å²) in [6, 6.07) is 1.51. The normalized spacial score (nSPS) is 12.0. The molecule has 0 amide bonds. The molecule has 0 aliphatic carbocycles. The molecule has 0 radical (unpaired) electrons. The van der Waals surface area contributed by atoms with E-state index in [4.69, 9.17) is 0 Å². The first-order chi connectivity index (χ1) is 5.47. The highest BCUT2D eigenvalue weighted by Gasteiger charge is 2.27. The van der Waals surface area contributed by atoms with E-state index in [2.05, 4.69) is 9.68 Å². The minimum absolute atomic E-state index is 0.135. The lowest BCUT2D eigenvalue weighted by Gasteiger charge is -2.02. The third kappa shape index (κ3) is 2.94. The molecule has 0 aliphatic rings. The molecule has 0 aliphatic heterocycles. The predicted octanol–water partition coefficient (Wildman–Crippen LogP) is 2.48. The molecule has 0 atom stereocenters. The van der Waals surface area contributed by atoms with E-state index in [-0.39, 0.29) is 12.2 Å². The van der Waals surface area contributed by atoms with E-state index >= 15 is 0 Å². The van der Waals surface area contributed by atoms with Gasteiger partial charge in [-0.2, -0.15) is 13.2 Å². The Kier molecular flexibility index (Phi) is 2.40. The molecule has 0 aromatic carbocycles. The van der Waals surface area contributed by atoms with Crippen LogP contribution < -0.4 is 0 Å². The fraction of sp³-hybridized carbons (Fsp3) is 0.571. The van der Waals surface area contributed by atoms with Gasteiger partial charge in [-0.3, -0.25) is 0 Å². The molecular weight excluding hydrogens is 171 g/mol. The summed E-state index contributed by atoms with van der Waals surface area (Å²) in [4.78, 5) is 0. The van der Waals surface area contributed by atoms with E-state index in [1.54, 1.807) is 6.92 Å². The summed E-state index contributed by atoms with van der Waals surface area (Å²) in [7, 11) is 0. The summed E-state index contributed by atoms with van der Waals surface area (Å²) in [6.07, 6.45) is -5.12. The monoisotopic (exact) mass is 179 g/mol. The molecule has 2 nitrogen and oxygen atoms in total. The Balaban J connectivity index is 2.44. The fourth-order valence-corrected chi connectivity index (χ4v) is 0.799. The zero-order chi connectivity index (χ0) is 9.19. The molecular formula is C7H8F3NO. The van der Waals surface area contributed by atoms with Gasteiger partial charge in [0.05, 0.1) is 12.1 Å². The summed E-state index contributed by atoms with van der Waals surface area (Å²) in [5, 5.41) is 3.47. The van der Waals surface area contributed by atoms with Crippen molar-refractivity contribution >= 4 is 0 Å². The topological polar surface area (TPSA) is 26.0 Å². The van der Waals surface area contributed by atoms with Gasteiger partial charge in [0.2, 0.25) is 0 Å². The van der Waals surface area contributed by atoms with Crippen LogP contribution in [0.5, 0.6) is 0 Å². The van der Waals surface area contributed by atoms with Crippen LogP contribution in [0.25, 0.3) is 0 Å². The second kappa shape index (κ2) is 3.16. The van der Waals surface area contributed by atoms with Crippen LogP contribution in [-0.2, 0) is 6.42 Å². The SMILES string of the molecule is Cc1cc(CCC(F)(F)F)on1. The molecule has 1 heterocycles. The first-order valence-corrected chi connectivity index (χ1v) is 3.46. The molecule has 5 heteroatoms. The number of aromatic nitrogens is 1. The van der Waals surface area contributed by atoms with Crippen LogP contribution in [0.3, 0.4) is 0 Å². The Morgan fingerprint density at radius 1 is 1.50 bits per heavy atom. The average molecular weight is 179 g/mol. The predicted molar refractivity (Wildman–Crippen MR) is 35.6 cm³/mol. The number of hydrogen-bond acceptors (Lipinski definition) is 2. The van der Waals surface area contributed by atoms with Crippen LogP contribution in [0.1, 0.15) is 17.9 Å². The summed E-state index contributed by atoms with van der Waals surface area (Å²) in [5.41, 5.74) is 0.604. The summed E-state index contributed by atoms with van der Waals surface area (Å²) in [5.74, 6) is 0.282. The molecule has 68 valence electrons. The standard InChI is InChI=1S/C7H8F3NO/c1-5-4-6(12-11-5)2-3-7(8,9)10/h4H,2-3H2,1H3. The Bertz CT molecular complexity index is 253. The zero-order valence-electron chi connectivity index (χ0n) is 6.48. The molecule has 0 saturated heterocycles. The molecule has 0 N–H and O–H groups in total. The highest BCUT2D eigenvalue weighted by molar-refractivity contribution is 5.03. The van der Waals surface area contributed by atoms with E-state index in [1.807, 2.05) is 0 Å². The smallest absolute Gasteiger partial charge is 0.361 e. The van der Waals surface area contributed by atoms with Crippen LogP contribution in [-0.4, -0.2) is 11.3 Å². The van der Waals surface area contributed by atoms with E-state index in [0.29, 0.717) is 5.69 Å². The van der Waals surface area contributed by atoms with Gasteiger partial charge in [0.1, 0.15) is 5.76 Å². The molecule has 1 rings (SSSR count). The van der Waals surface area contributed by atoms with Gasteiger partial charge in [-0.15, -0.1) is 0 Å². The van der Waals surface area contributed by atoms with Crippen molar-refractivity contribution in [1.82, 2.24) is 5.16 Å². The molecule has 0 bridgehead atoms. The van der Waals surface area contributed by atoms with Gasteiger partial charge < -0.3 is 4.52 Å². The van der Waals surface area contributed by atoms with Gasteiger partial charge in [0, 0.05) is 12.5 Å². The maximum absolute atomic E-state index is 11.7. The van der Waals surface area contributed by atoms with Gasteiger partial charge in [0.25, 0.3) is 0 Å². The first-order valence-electron chi connectivity index (χ1n) is 3.46. The van der Waals surface area contributed by atoms with Gasteiger partial charge in [-0.05, 0) is 6.92 Å². The van der Waals surface area contributed by atoms with Crippen molar-refractivity contribution in [1.29, 1.82) is 0 Å². The number of aryl methyl sites for hydroxylation is 2. The second-order valence-corrected chi connectivity index (χ2v) is 2.55. The Hall–Kier alpha value is -1.00. The molecule has 0 unspecified atom stereocenters. The Labute approximate surface area is 67.4 Å². The highest BCUT2D eigenvalue weighted by Crippen LogP contribution is 2.22. The van der Waals surface area contributed by atoms with E-state index in [1.165, 1.54) is 6.07 Å². The van der Waals surface area contributed by atoms with Crippen LogP contribution >= 0.6 is 0 Å². The Morgan fingerprint density at radius 2 is 2.17 bits per heavy atom. The summed E-state index contributed by atoms with van der Waals surface area (Å²) in [6.45, 7) is 1.67. The molecule has 1 aromatic heterocycles. The lowest BCUT2D eigenvalue weighted by molar-refractivity contribution is -0.134. The molecule has 0 fully saturated rings. The first kappa shape index (κ1) is 9.09. The largest absolute Gasteiger partial charge is 0.389 e. The lowest BCUT2D eigenvalue weighted by Crippen LogP contribution is -2.08. The van der Waals surface area contributed by atoms with Gasteiger partial charge in [-0.1, -0.05) is 5.16 Å². The fourth-order valence-electron chi connectivity index (χ4n) is 0.799. The van der Waals surface area contributed by atoms with Crippen molar-refractivity contribution in [3.8, 4) is 0 Å². The number of alkyl halides is 3. The van der Waals surface area contributed by atoms with Crippen molar-refractivity contribution in [3.05, 3.63) is 17.5 Å². The summed E-state index contributed by atoms with van der Waals surface area (Å²) < 4.78 is 39.7. The van der Waals surface area contributed by atoms with Crippen molar-refractivity contribution in [2.45, 2.75) is 25.9 Å². The van der Waals surface area contributed by atoms with Crippen molar-refractivity contribution in [2.75, 3.05) is 0 Å². The molecule has 0 spiro atoms. The maximum Gasteiger partial charge on any atom is 0.389 e. The minimum Gasteiger partial charge on any atom is -0.361 e. The van der Waals surface area contributed by atoms with Gasteiger partial charge in [0.15, 0.2) is 0 Å². The third-order valence-corrected chi connectivity index (χ3v) is 1.33. The van der Waals surface area contributed by atoms with E-state index < -0.39 is 12.6 Å². The van der Waals surface area contributed by atoms with Crippen LogP contribution in [0.15, 0.2) is 10.6 Å². The van der Waals surface area contributed by atoms with Crippen LogP contribution in [0.4, 0.5) is 13.2 Å². The number of rotatable bonds is 2. The quantitative estimate of drug-likeness (QED) is 0.697. The lowest BCUT2D eigenvalue weighted by atomic mass is 10.2. The molecule has 0 saturated carbocycles. The van der Waals surface area contributed by atoms with E-state index in [9.17, 15) is 13.2 Å². The molecule has 1 aromatic rings. The summed E-state index contributed by atoms with van der Waals surface area (Å²) >= 11 is 0. The van der Waals surface area contributed by atoms with Crippen molar-refractivity contribution in [2.24, 2.45) is 0 Å². The zero-order valence-corrected chi connectivity index (χ0v) is 6.48. The van der Waals surface area contributed by atoms with Gasteiger partial charge >= 0.3 is 6.18 Å². The molecule has 12 heavy (non-hydrogen) atoms. The average Bonchev–Trinajstić information content (AvgIpc) is 2.30. The van der Waals surface area contributed by atoms with Crippen LogP contribution in [0, 0.1) is 6.92 Å². The third-order valence-electron chi connectivity index (χ3n) is 1.33. The minimum atomic E-state index is -4.12. The van der Waals surface area contributed by atoms with Crippen molar-refractivity contribution < 1.29 is 17.7 Å². The Morgan fingerprint density at radius 3 is 2.58 bits per heavy atom. The number of nitrogens with zero attached hydrogens (tertiary/aromatic N) is 1. The maximum atomic E-state index is 11.7. The second-order valence-electron chi connectivity index (χ2n) is 2.55. The highest BCUT2D eigenvalue weighted by atomic mass is 19.4. The van der Waals surface area contributed by atoms with E-state index in [0.717, 1.165) is 0 Å². The van der Waals surface area contributed by atoms with Crippen LogP contribution in [0.2, 0.25) is 0 Å². The van der Waals surface area contributed by atoms with Gasteiger partial charge in [-0.25, -0.2) is 0 Å². The van der Waals surface area contributed by atoms with Crippen molar-refractivity contribution in [3.63, 3.8) is 0 Å². The number of halogens is 3.